The number of halogens is 24. The van der Waals surface area contributed by atoms with Crippen LogP contribution < -0.4 is 35.9 Å². The van der Waals surface area contributed by atoms with Gasteiger partial charge in [0.15, 0.2) is 11.9 Å². The molecule has 1 aromatic heterocycles. The Morgan fingerprint density at radius 1 is 0.375 bits per heavy atom. The average molecular weight is 1170 g/mol. The largest absolute Gasteiger partial charge is 0.489 e. The molecule has 1 aliphatic rings. The Morgan fingerprint density at radius 2 is 0.675 bits per heavy atom. The zero-order valence-corrected chi connectivity index (χ0v) is 39.1. The molecule has 0 spiro atoms. The Bertz CT molecular complexity index is 3010. The lowest BCUT2D eigenvalue weighted by atomic mass is 9.12. The van der Waals surface area contributed by atoms with Crippen LogP contribution in [0.3, 0.4) is 0 Å². The second kappa shape index (κ2) is 20.8. The van der Waals surface area contributed by atoms with Crippen LogP contribution in [-0.4, -0.2) is 25.1 Å². The second-order valence-electron chi connectivity index (χ2n) is 17.7. The summed E-state index contributed by atoms with van der Waals surface area (Å²) in [5.74, 6) is 1.66. The monoisotopic (exact) mass is 1170 g/mol. The van der Waals surface area contributed by atoms with E-state index in [-0.39, 0.29) is 12.3 Å². The molecule has 0 saturated carbocycles. The van der Waals surface area contributed by atoms with E-state index in [2.05, 4.69) is 0 Å². The molecule has 0 saturated heterocycles. The number of pyridine rings is 1. The molecule has 1 aliphatic heterocycles. The van der Waals surface area contributed by atoms with Crippen LogP contribution in [0.4, 0.5) is 105 Å². The van der Waals surface area contributed by atoms with Crippen LogP contribution in [0.5, 0.6) is 11.5 Å². The maximum absolute atomic E-state index is 14.2. The van der Waals surface area contributed by atoms with Crippen molar-refractivity contribution < 1.29 is 124 Å². The van der Waals surface area contributed by atoms with Crippen molar-refractivity contribution in [2.24, 2.45) is 0 Å². The SMILES string of the molecule is FC(F)(F)c1cc([B-](c2cc(C(F)(F)F)cc(C(F)(F)F)c2)(c2cc(C(F)(F)F)cc(C(F)(F)F)c2)c2cc(C(F)(F)F)cc(C(F)(F)F)c2)cc(C(F)(F)F)c1.O=C(C[n+]1cc2c3c(cccc3c1)OCCO2)c1ccccc1. The minimum absolute atomic E-state index is 0.0724. The van der Waals surface area contributed by atoms with E-state index in [1.807, 2.05) is 65.5 Å². The smallest absolute Gasteiger partial charge is 0.416 e. The highest BCUT2D eigenvalue weighted by Crippen LogP contribution is 2.42. The Hall–Kier alpha value is -7.62. The van der Waals surface area contributed by atoms with Crippen LogP contribution in [0.1, 0.15) is 54.9 Å². The molecule has 8 rings (SSSR count). The summed E-state index contributed by atoms with van der Waals surface area (Å²) in [5, 5.41) is 1.97. The van der Waals surface area contributed by atoms with Gasteiger partial charge in [0.25, 0.3) is 0 Å². The molecule has 0 amide bonds. The Morgan fingerprint density at radius 3 is 0.975 bits per heavy atom. The summed E-state index contributed by atoms with van der Waals surface area (Å²) in [5.41, 5.74) is -29.5. The Labute approximate surface area is 432 Å². The first kappa shape index (κ1) is 60.0. The lowest BCUT2D eigenvalue weighted by molar-refractivity contribution is -0.682. The molecule has 2 heterocycles. The number of hydrogen-bond acceptors (Lipinski definition) is 3. The summed E-state index contributed by atoms with van der Waals surface area (Å²) < 4.78 is 354. The Balaban J connectivity index is 0.000000329. The molecule has 29 heteroatoms. The number of carbonyl (C=O) groups is 1. The van der Waals surface area contributed by atoms with Gasteiger partial charge in [0.2, 0.25) is 18.5 Å². The number of ether oxygens (including phenoxy) is 2. The molecule has 0 fully saturated rings. The standard InChI is InChI=1S/C32H12BF24.C19H16NO3/c34-25(35,36)13-1-14(26(37,38)39)6-21(5-13)33(22-7-15(27(40,41)42)2-16(8-22)28(43,44)45,23-9-17(29(46,47)48)3-18(10-23)30(49,50)51)24-11-19(31(52,53)54)4-20(12-24)32(55,56)57;21-16(14-5-2-1-3-6-14)12-20-11-15-7-4-8-17-19(15)18(13-20)23-10-9-22-17/h1-12H;1-8,11,13H,9-10,12H2/q-1;+1. The fourth-order valence-electron chi connectivity index (χ4n) is 8.93. The van der Waals surface area contributed by atoms with Crippen molar-refractivity contribution in [1.29, 1.82) is 0 Å². The number of alkyl halides is 24. The molecular weight excluding hydrogens is 1140 g/mol. The van der Waals surface area contributed by atoms with E-state index in [0.29, 0.717) is 18.8 Å². The highest BCUT2D eigenvalue weighted by molar-refractivity contribution is 7.20. The van der Waals surface area contributed by atoms with Crippen molar-refractivity contribution in [3.05, 3.63) is 184 Å². The lowest BCUT2D eigenvalue weighted by Gasteiger charge is -2.46. The third-order valence-electron chi connectivity index (χ3n) is 12.4. The molecule has 0 atom stereocenters. The van der Waals surface area contributed by atoms with Gasteiger partial charge in [-0.25, -0.2) is 0 Å². The molecule has 0 radical (unpaired) electrons. The zero-order chi connectivity index (χ0) is 59.6. The molecule has 7 aromatic rings. The van der Waals surface area contributed by atoms with Gasteiger partial charge in [-0.05, 0) is 36.4 Å². The summed E-state index contributed by atoms with van der Waals surface area (Å²) in [6, 6.07) is 6.42. The Kier molecular flexibility index (Phi) is 15.6. The molecule has 0 N–H and O–H groups in total. The number of benzene rings is 6. The van der Waals surface area contributed by atoms with Crippen molar-refractivity contribution in [3.63, 3.8) is 0 Å². The van der Waals surface area contributed by atoms with Gasteiger partial charge in [0.1, 0.15) is 25.1 Å². The highest BCUT2D eigenvalue weighted by atomic mass is 19.4. The first-order valence-electron chi connectivity index (χ1n) is 22.2. The van der Waals surface area contributed by atoms with Gasteiger partial charge in [-0.1, -0.05) is 84.9 Å². The summed E-state index contributed by atoms with van der Waals surface area (Å²) in [7, 11) is 0. The summed E-state index contributed by atoms with van der Waals surface area (Å²) in [6.07, 6.45) is -51.0. The molecular formula is C51H28BF24NO3. The summed E-state index contributed by atoms with van der Waals surface area (Å²) in [4.78, 5) is 12.4. The molecule has 4 nitrogen and oxygen atoms in total. The molecule has 426 valence electrons. The molecule has 6 aromatic carbocycles. The molecule has 0 unspecified atom stereocenters. The van der Waals surface area contributed by atoms with E-state index in [9.17, 15) is 110 Å². The number of rotatable bonds is 7. The zero-order valence-electron chi connectivity index (χ0n) is 39.1. The average Bonchev–Trinajstić information content (AvgIpc) is 3.26. The van der Waals surface area contributed by atoms with Crippen LogP contribution >= 0.6 is 0 Å². The molecule has 0 aliphatic carbocycles. The van der Waals surface area contributed by atoms with E-state index in [1.165, 1.54) is 0 Å². The third-order valence-corrected chi connectivity index (χ3v) is 12.4. The van der Waals surface area contributed by atoms with Gasteiger partial charge < -0.3 is 9.47 Å². The first-order chi connectivity index (χ1) is 36.6. The topological polar surface area (TPSA) is 39.4 Å². The van der Waals surface area contributed by atoms with Gasteiger partial charge in [0, 0.05) is 5.56 Å². The fraction of sp³-hybridized carbons (Fsp3) is 0.216. The van der Waals surface area contributed by atoms with Crippen LogP contribution in [0.2, 0.25) is 0 Å². The maximum atomic E-state index is 14.2. The van der Waals surface area contributed by atoms with Gasteiger partial charge in [-0.2, -0.15) is 132 Å². The number of Topliss-reactive ketones (excluding diaryl/α,β-unsaturated/α-hetero) is 1. The van der Waals surface area contributed by atoms with E-state index in [0.717, 1.165) is 22.3 Å². The van der Waals surface area contributed by atoms with Crippen LogP contribution in [0, 0.1) is 0 Å². The molecule has 80 heavy (non-hydrogen) atoms. The van der Waals surface area contributed by atoms with E-state index < -0.39 is 195 Å². The van der Waals surface area contributed by atoms with E-state index in [1.54, 1.807) is 0 Å². The van der Waals surface area contributed by atoms with Gasteiger partial charge in [-0.15, -0.1) is 0 Å². The number of ketones is 1. The predicted octanol–water partition coefficient (Wildman–Crippen LogP) is 14.0. The van der Waals surface area contributed by atoms with Crippen molar-refractivity contribution in [1.82, 2.24) is 0 Å². The highest BCUT2D eigenvalue weighted by Gasteiger charge is 2.47. The van der Waals surface area contributed by atoms with E-state index >= 15 is 0 Å². The minimum Gasteiger partial charge on any atom is -0.489 e. The van der Waals surface area contributed by atoms with Crippen molar-refractivity contribution in [2.75, 3.05) is 13.2 Å². The van der Waals surface area contributed by atoms with Crippen LogP contribution in [0.15, 0.2) is 134 Å². The van der Waals surface area contributed by atoms with Gasteiger partial charge in [0.05, 0.1) is 55.3 Å². The van der Waals surface area contributed by atoms with Crippen molar-refractivity contribution in [3.8, 4) is 11.5 Å². The van der Waals surface area contributed by atoms with Gasteiger partial charge >= 0.3 is 49.4 Å². The van der Waals surface area contributed by atoms with E-state index in [4.69, 9.17) is 9.47 Å². The van der Waals surface area contributed by atoms with Crippen LogP contribution in [-0.2, 0) is 56.0 Å². The lowest BCUT2D eigenvalue weighted by Crippen LogP contribution is -2.75. The maximum Gasteiger partial charge on any atom is 0.416 e. The minimum atomic E-state index is -6.13. The predicted molar refractivity (Wildman–Crippen MR) is 236 cm³/mol. The first-order valence-corrected chi connectivity index (χ1v) is 22.2. The number of aromatic nitrogens is 1. The number of carbonyl (C=O) groups excluding carboxylic acids is 1. The summed E-state index contributed by atoms with van der Waals surface area (Å²) in [6.45, 7) is 1.30. The van der Waals surface area contributed by atoms with Gasteiger partial charge in [-0.3, -0.25) is 4.79 Å². The van der Waals surface area contributed by atoms with Crippen molar-refractivity contribution >= 4 is 44.6 Å². The quantitative estimate of drug-likeness (QED) is 0.0691. The summed E-state index contributed by atoms with van der Waals surface area (Å²) >= 11 is 0. The van der Waals surface area contributed by atoms with Crippen LogP contribution in [0.25, 0.3) is 10.8 Å². The second-order valence-corrected chi connectivity index (χ2v) is 17.7. The van der Waals surface area contributed by atoms with Crippen molar-refractivity contribution in [2.45, 2.75) is 56.0 Å². The third kappa shape index (κ3) is 13.0. The fourth-order valence-corrected chi connectivity index (χ4v) is 8.93. The molecule has 0 bridgehead atoms. The number of hydrogen-bond donors (Lipinski definition) is 0. The normalized spacial score (nSPS) is 13.9. The number of nitrogens with zero attached hydrogens (tertiary/aromatic N) is 1.